The summed E-state index contributed by atoms with van der Waals surface area (Å²) in [6.45, 7) is 3.02. The van der Waals surface area contributed by atoms with Crippen LogP contribution >= 0.6 is 0 Å². The summed E-state index contributed by atoms with van der Waals surface area (Å²) in [7, 11) is 0. The van der Waals surface area contributed by atoms with Crippen LogP contribution in [0.1, 0.15) is 42.5 Å². The van der Waals surface area contributed by atoms with Crippen LogP contribution in [0.5, 0.6) is 11.5 Å². The maximum Gasteiger partial charge on any atom is 0.295 e. The number of phenols is 1. The number of aromatic hydroxyl groups is 1. The number of hydrogen-bond donors (Lipinski definition) is 2. The normalized spacial score (nSPS) is 20.0. The standard InChI is InChI=1S/C23H23NO5/c1-2-3-11-24-20(14-4-7-17(25)8-5-14)19(22(27)23(24)28)21(26)16-6-9-18-15(13-16)10-12-29-18/h4-9,13,20,25-26H,2-3,10-12H2,1H3/b21-19-. The second kappa shape index (κ2) is 7.62. The molecule has 2 aliphatic rings. The zero-order valence-corrected chi connectivity index (χ0v) is 16.2. The van der Waals surface area contributed by atoms with E-state index in [4.69, 9.17) is 4.74 Å². The van der Waals surface area contributed by atoms with Gasteiger partial charge in [0.15, 0.2) is 0 Å². The van der Waals surface area contributed by atoms with Crippen molar-refractivity contribution in [3.8, 4) is 11.5 Å². The Morgan fingerprint density at radius 3 is 2.66 bits per heavy atom. The van der Waals surface area contributed by atoms with E-state index in [1.165, 1.54) is 17.0 Å². The highest BCUT2D eigenvalue weighted by Crippen LogP contribution is 2.40. The molecule has 0 saturated carbocycles. The number of unbranched alkanes of at least 4 members (excludes halogenated alkanes) is 1. The fraction of sp³-hybridized carbons (Fsp3) is 0.304. The van der Waals surface area contributed by atoms with Crippen molar-refractivity contribution in [1.29, 1.82) is 0 Å². The Morgan fingerprint density at radius 1 is 1.17 bits per heavy atom. The van der Waals surface area contributed by atoms with Crippen LogP contribution in [-0.4, -0.2) is 40.0 Å². The minimum Gasteiger partial charge on any atom is -0.508 e. The van der Waals surface area contributed by atoms with E-state index in [-0.39, 0.29) is 17.1 Å². The predicted octanol–water partition coefficient (Wildman–Crippen LogP) is 3.55. The number of amides is 1. The van der Waals surface area contributed by atoms with Gasteiger partial charge in [-0.2, -0.15) is 0 Å². The average Bonchev–Trinajstić information content (AvgIpc) is 3.29. The molecule has 4 rings (SSSR count). The summed E-state index contributed by atoms with van der Waals surface area (Å²) in [4.78, 5) is 27.2. The lowest BCUT2D eigenvalue weighted by Gasteiger charge is -2.25. The van der Waals surface area contributed by atoms with Crippen molar-refractivity contribution >= 4 is 17.4 Å². The summed E-state index contributed by atoms with van der Waals surface area (Å²) in [5.41, 5.74) is 2.21. The highest BCUT2D eigenvalue weighted by Gasteiger charge is 2.45. The molecule has 1 unspecified atom stereocenters. The molecule has 29 heavy (non-hydrogen) atoms. The Kier molecular flexibility index (Phi) is 5.01. The van der Waals surface area contributed by atoms with E-state index >= 15 is 0 Å². The average molecular weight is 393 g/mol. The van der Waals surface area contributed by atoms with Crippen molar-refractivity contribution in [2.75, 3.05) is 13.2 Å². The number of aliphatic hydroxyl groups excluding tert-OH is 1. The second-order valence-corrected chi connectivity index (χ2v) is 7.36. The number of phenolic OH excluding ortho intramolecular Hbond substituents is 1. The molecule has 2 heterocycles. The van der Waals surface area contributed by atoms with Gasteiger partial charge < -0.3 is 19.8 Å². The van der Waals surface area contributed by atoms with Crippen LogP contribution in [0.2, 0.25) is 0 Å². The van der Waals surface area contributed by atoms with E-state index < -0.39 is 17.7 Å². The largest absolute Gasteiger partial charge is 0.508 e. The number of carbonyl (C=O) groups is 2. The molecular weight excluding hydrogens is 370 g/mol. The highest BCUT2D eigenvalue weighted by atomic mass is 16.5. The summed E-state index contributed by atoms with van der Waals surface area (Å²) >= 11 is 0. The molecule has 1 atom stereocenters. The van der Waals surface area contributed by atoms with Gasteiger partial charge in [-0.15, -0.1) is 0 Å². The number of ketones is 1. The number of ether oxygens (including phenoxy) is 1. The molecule has 2 N–H and O–H groups in total. The number of rotatable bonds is 5. The number of nitrogens with zero attached hydrogens (tertiary/aromatic N) is 1. The first-order chi connectivity index (χ1) is 14.0. The van der Waals surface area contributed by atoms with E-state index in [9.17, 15) is 19.8 Å². The SMILES string of the molecule is CCCCN1C(=O)C(=O)/C(=C(\O)c2ccc3c(c2)CCO3)C1c1ccc(O)cc1. The minimum atomic E-state index is -0.688. The van der Waals surface area contributed by atoms with E-state index in [1.807, 2.05) is 13.0 Å². The molecule has 6 nitrogen and oxygen atoms in total. The third-order valence-electron chi connectivity index (χ3n) is 5.46. The van der Waals surface area contributed by atoms with Gasteiger partial charge in [-0.05, 0) is 47.9 Å². The molecule has 1 fully saturated rings. The first-order valence-electron chi connectivity index (χ1n) is 9.84. The topological polar surface area (TPSA) is 87.1 Å². The fourth-order valence-electron chi connectivity index (χ4n) is 3.93. The van der Waals surface area contributed by atoms with Crippen molar-refractivity contribution in [3.05, 3.63) is 64.7 Å². The van der Waals surface area contributed by atoms with Gasteiger partial charge in [0.2, 0.25) is 0 Å². The molecule has 0 aromatic heterocycles. The number of likely N-dealkylation sites (tertiary alicyclic amines) is 1. The minimum absolute atomic E-state index is 0.0793. The van der Waals surface area contributed by atoms with Crippen LogP contribution in [0.15, 0.2) is 48.0 Å². The molecule has 0 bridgehead atoms. The van der Waals surface area contributed by atoms with E-state index in [0.29, 0.717) is 24.3 Å². The van der Waals surface area contributed by atoms with Gasteiger partial charge in [0.25, 0.3) is 11.7 Å². The smallest absolute Gasteiger partial charge is 0.295 e. The molecule has 0 radical (unpaired) electrons. The Balaban J connectivity index is 1.83. The lowest BCUT2D eigenvalue weighted by Crippen LogP contribution is -2.30. The van der Waals surface area contributed by atoms with Crippen LogP contribution in [0, 0.1) is 0 Å². The second-order valence-electron chi connectivity index (χ2n) is 7.36. The van der Waals surface area contributed by atoms with Gasteiger partial charge in [-0.3, -0.25) is 9.59 Å². The lowest BCUT2D eigenvalue weighted by molar-refractivity contribution is -0.139. The lowest BCUT2D eigenvalue weighted by atomic mass is 9.94. The van der Waals surface area contributed by atoms with Gasteiger partial charge in [-0.1, -0.05) is 25.5 Å². The summed E-state index contributed by atoms with van der Waals surface area (Å²) in [5, 5.41) is 20.7. The maximum atomic E-state index is 12.9. The molecular formula is C23H23NO5. The number of fused-ring (bicyclic) bond motifs is 1. The van der Waals surface area contributed by atoms with Crippen molar-refractivity contribution in [1.82, 2.24) is 4.90 Å². The van der Waals surface area contributed by atoms with Crippen LogP contribution < -0.4 is 4.74 Å². The van der Waals surface area contributed by atoms with E-state index in [1.54, 1.807) is 24.3 Å². The number of hydrogen-bond acceptors (Lipinski definition) is 5. The Morgan fingerprint density at radius 2 is 1.93 bits per heavy atom. The zero-order chi connectivity index (χ0) is 20.5. The molecule has 0 aliphatic carbocycles. The van der Waals surface area contributed by atoms with E-state index in [2.05, 4.69) is 0 Å². The third kappa shape index (κ3) is 3.35. The van der Waals surface area contributed by atoms with Gasteiger partial charge >= 0.3 is 0 Å². The maximum absolute atomic E-state index is 12.9. The van der Waals surface area contributed by atoms with Crippen molar-refractivity contribution in [3.63, 3.8) is 0 Å². The zero-order valence-electron chi connectivity index (χ0n) is 16.2. The van der Waals surface area contributed by atoms with E-state index in [0.717, 1.165) is 30.6 Å². The molecule has 2 aliphatic heterocycles. The first kappa shape index (κ1) is 19.1. The summed E-state index contributed by atoms with van der Waals surface area (Å²) in [5.74, 6) is -0.607. The Hall–Kier alpha value is -3.28. The number of carbonyl (C=O) groups excluding carboxylic acids is 2. The van der Waals surface area contributed by atoms with Crippen LogP contribution in [0.25, 0.3) is 5.76 Å². The number of aliphatic hydroxyl groups is 1. The first-order valence-corrected chi connectivity index (χ1v) is 9.84. The monoisotopic (exact) mass is 393 g/mol. The van der Waals surface area contributed by atoms with Crippen molar-refractivity contribution in [2.45, 2.75) is 32.2 Å². The van der Waals surface area contributed by atoms with Crippen LogP contribution in [-0.2, 0) is 16.0 Å². The van der Waals surface area contributed by atoms with Crippen LogP contribution in [0.3, 0.4) is 0 Å². The molecule has 0 spiro atoms. The summed E-state index contributed by atoms with van der Waals surface area (Å²) in [6.07, 6.45) is 2.36. The highest BCUT2D eigenvalue weighted by molar-refractivity contribution is 6.46. The van der Waals surface area contributed by atoms with Gasteiger partial charge in [0.05, 0.1) is 18.2 Å². The van der Waals surface area contributed by atoms with Gasteiger partial charge in [0, 0.05) is 18.5 Å². The molecule has 1 amide bonds. The predicted molar refractivity (Wildman–Crippen MR) is 108 cm³/mol. The fourth-order valence-corrected chi connectivity index (χ4v) is 3.93. The van der Waals surface area contributed by atoms with Crippen molar-refractivity contribution in [2.24, 2.45) is 0 Å². The molecule has 150 valence electrons. The molecule has 6 heteroatoms. The van der Waals surface area contributed by atoms with Crippen LogP contribution in [0.4, 0.5) is 0 Å². The van der Waals surface area contributed by atoms with Gasteiger partial charge in [0.1, 0.15) is 17.3 Å². The Bertz CT molecular complexity index is 993. The molecule has 1 saturated heterocycles. The molecule has 2 aromatic rings. The van der Waals surface area contributed by atoms with Crippen molar-refractivity contribution < 1.29 is 24.5 Å². The summed E-state index contributed by atoms with van der Waals surface area (Å²) < 4.78 is 5.51. The number of benzene rings is 2. The third-order valence-corrected chi connectivity index (χ3v) is 5.46. The quantitative estimate of drug-likeness (QED) is 0.461. The number of Topliss-reactive ketones (excluding diaryl/α,β-unsaturated/α-hetero) is 1. The Labute approximate surface area is 169 Å². The molecule has 2 aromatic carbocycles. The summed E-state index contributed by atoms with van der Waals surface area (Å²) in [6, 6.07) is 11.0. The van der Waals surface area contributed by atoms with Gasteiger partial charge in [-0.25, -0.2) is 0 Å².